The van der Waals surface area contributed by atoms with Crippen LogP contribution in [0.15, 0.2) is 12.2 Å². The smallest absolute Gasteiger partial charge is 0.305 e. The Bertz CT molecular complexity index is 1350. The van der Waals surface area contributed by atoms with Crippen molar-refractivity contribution in [2.24, 2.45) is 0 Å². The number of hydrogen-bond acceptors (Lipinski definition) is 5. The molecule has 3 N–H and O–H groups in total. The number of hydrogen-bond donors (Lipinski definition) is 3. The molecule has 0 saturated carbocycles. The Morgan fingerprint density at radius 3 is 0.798 bits per heavy atom. The van der Waals surface area contributed by atoms with Gasteiger partial charge in [-0.3, -0.25) is 9.59 Å². The minimum atomic E-state index is -0.661. The molecular weight excluding hydrogens is 1090 g/mol. The lowest BCUT2D eigenvalue weighted by Crippen LogP contribution is -2.45. The van der Waals surface area contributed by atoms with Gasteiger partial charge >= 0.3 is 5.97 Å². The molecule has 0 fully saturated rings. The lowest BCUT2D eigenvalue weighted by Gasteiger charge is -2.22. The number of ether oxygens (including phenoxy) is 1. The third-order valence-electron chi connectivity index (χ3n) is 19.8. The molecule has 89 heavy (non-hydrogen) atoms. The number of nitrogens with one attached hydrogen (secondary N) is 1. The first-order valence-electron chi connectivity index (χ1n) is 41.4. The third-order valence-corrected chi connectivity index (χ3v) is 19.8. The molecule has 0 rings (SSSR count). The summed E-state index contributed by atoms with van der Waals surface area (Å²) in [5.74, 6) is 0.00155. The maximum atomic E-state index is 12.5. The van der Waals surface area contributed by atoms with Crippen molar-refractivity contribution in [2.45, 2.75) is 495 Å². The van der Waals surface area contributed by atoms with E-state index in [9.17, 15) is 19.8 Å². The van der Waals surface area contributed by atoms with Crippen LogP contribution in [0.5, 0.6) is 0 Å². The molecule has 0 aromatic carbocycles. The van der Waals surface area contributed by atoms with Crippen molar-refractivity contribution < 1.29 is 24.5 Å². The van der Waals surface area contributed by atoms with E-state index in [1.54, 1.807) is 0 Å². The summed E-state index contributed by atoms with van der Waals surface area (Å²) in [6.07, 6.45) is 100. The molecule has 0 aliphatic heterocycles. The largest absolute Gasteiger partial charge is 0.466 e. The maximum Gasteiger partial charge on any atom is 0.305 e. The zero-order valence-corrected chi connectivity index (χ0v) is 61.0. The van der Waals surface area contributed by atoms with Crippen LogP contribution in [-0.2, 0) is 14.3 Å². The van der Waals surface area contributed by atoms with Crippen LogP contribution in [0.4, 0.5) is 0 Å². The molecule has 2 atom stereocenters. The van der Waals surface area contributed by atoms with Crippen molar-refractivity contribution in [3.63, 3.8) is 0 Å². The van der Waals surface area contributed by atoms with Crippen molar-refractivity contribution in [1.82, 2.24) is 5.32 Å². The zero-order chi connectivity index (χ0) is 64.2. The number of carbonyl (C=O) groups excluding carboxylic acids is 2. The van der Waals surface area contributed by atoms with Crippen molar-refractivity contribution in [3.8, 4) is 0 Å². The molecule has 0 aromatic heterocycles. The van der Waals surface area contributed by atoms with Gasteiger partial charge in [0, 0.05) is 12.8 Å². The molecule has 6 heteroatoms. The fourth-order valence-corrected chi connectivity index (χ4v) is 13.5. The second-order valence-electron chi connectivity index (χ2n) is 28.8. The molecule has 2 unspecified atom stereocenters. The monoisotopic (exact) mass is 1250 g/mol. The molecule has 530 valence electrons. The standard InChI is InChI=1S/C83H163NO5/c1-3-5-7-9-11-13-15-17-19-44-49-53-57-61-65-69-73-77-83(88)89-78-74-70-66-62-58-54-50-46-43-41-39-37-35-33-31-29-27-25-23-21-22-24-26-28-30-32-34-36-38-40-42-45-48-52-56-60-64-68-72-76-82(87)84-80(79-85)81(86)75-71-67-63-59-55-51-47-20-18-16-14-12-10-8-6-4-2/h21-22,80-81,85-86H,3-20,23-79H2,1-2H3,(H,84,87)/b22-21-. The molecular formula is C83H163NO5. The highest BCUT2D eigenvalue weighted by Crippen LogP contribution is 2.21. The number of amides is 1. The molecule has 0 aliphatic rings. The van der Waals surface area contributed by atoms with Gasteiger partial charge in [0.1, 0.15) is 0 Å². The van der Waals surface area contributed by atoms with Gasteiger partial charge in [0.25, 0.3) is 0 Å². The van der Waals surface area contributed by atoms with Gasteiger partial charge < -0.3 is 20.3 Å². The Morgan fingerprint density at radius 2 is 0.528 bits per heavy atom. The van der Waals surface area contributed by atoms with E-state index in [-0.39, 0.29) is 18.5 Å². The summed E-state index contributed by atoms with van der Waals surface area (Å²) in [7, 11) is 0. The molecule has 0 aliphatic carbocycles. The number of carbonyl (C=O) groups is 2. The van der Waals surface area contributed by atoms with E-state index in [0.717, 1.165) is 38.5 Å². The Balaban J connectivity index is 3.30. The van der Waals surface area contributed by atoms with Crippen LogP contribution in [0, 0.1) is 0 Å². The number of aliphatic hydroxyl groups is 2. The third kappa shape index (κ3) is 75.5. The first-order valence-corrected chi connectivity index (χ1v) is 41.4. The number of rotatable bonds is 79. The maximum absolute atomic E-state index is 12.5. The lowest BCUT2D eigenvalue weighted by molar-refractivity contribution is -0.143. The van der Waals surface area contributed by atoms with E-state index in [0.29, 0.717) is 25.9 Å². The zero-order valence-electron chi connectivity index (χ0n) is 61.0. The normalized spacial score (nSPS) is 12.4. The van der Waals surface area contributed by atoms with Gasteiger partial charge in [0.15, 0.2) is 0 Å². The number of esters is 1. The van der Waals surface area contributed by atoms with Gasteiger partial charge in [-0.15, -0.1) is 0 Å². The van der Waals surface area contributed by atoms with E-state index >= 15 is 0 Å². The highest BCUT2D eigenvalue weighted by Gasteiger charge is 2.20. The number of allylic oxidation sites excluding steroid dienone is 2. The van der Waals surface area contributed by atoms with Crippen LogP contribution in [0.3, 0.4) is 0 Å². The number of aliphatic hydroxyl groups excluding tert-OH is 2. The van der Waals surface area contributed by atoms with Gasteiger partial charge in [0.05, 0.1) is 25.4 Å². The fraction of sp³-hybridized carbons (Fsp3) is 0.952. The topological polar surface area (TPSA) is 95.9 Å². The van der Waals surface area contributed by atoms with Crippen molar-refractivity contribution in [3.05, 3.63) is 12.2 Å². The Labute approximate surface area is 559 Å². The summed E-state index contributed by atoms with van der Waals surface area (Å²) in [6.45, 7) is 5.02. The summed E-state index contributed by atoms with van der Waals surface area (Å²) in [5.41, 5.74) is 0. The van der Waals surface area contributed by atoms with Gasteiger partial charge in [-0.25, -0.2) is 0 Å². The quantitative estimate of drug-likeness (QED) is 0.0320. The van der Waals surface area contributed by atoms with E-state index in [4.69, 9.17) is 4.74 Å². The van der Waals surface area contributed by atoms with Crippen LogP contribution in [0.2, 0.25) is 0 Å². The Morgan fingerprint density at radius 1 is 0.303 bits per heavy atom. The summed E-state index contributed by atoms with van der Waals surface area (Å²) in [5, 5.41) is 23.4. The van der Waals surface area contributed by atoms with Crippen molar-refractivity contribution in [2.75, 3.05) is 13.2 Å². The van der Waals surface area contributed by atoms with E-state index in [1.807, 2.05) is 0 Å². The summed E-state index contributed by atoms with van der Waals surface area (Å²) in [6, 6.07) is -0.538. The van der Waals surface area contributed by atoms with Gasteiger partial charge in [0.2, 0.25) is 5.91 Å². The fourth-order valence-electron chi connectivity index (χ4n) is 13.5. The second-order valence-corrected chi connectivity index (χ2v) is 28.8. The highest BCUT2D eigenvalue weighted by molar-refractivity contribution is 5.76. The molecule has 6 nitrogen and oxygen atoms in total. The van der Waals surface area contributed by atoms with Crippen LogP contribution in [0.25, 0.3) is 0 Å². The number of unbranched alkanes of at least 4 members (excludes halogenated alkanes) is 66. The van der Waals surface area contributed by atoms with Crippen molar-refractivity contribution >= 4 is 11.9 Å². The van der Waals surface area contributed by atoms with Crippen LogP contribution in [0.1, 0.15) is 483 Å². The first kappa shape index (κ1) is 87.6. The van der Waals surface area contributed by atoms with Crippen LogP contribution in [-0.4, -0.2) is 47.4 Å². The average molecular weight is 1260 g/mol. The average Bonchev–Trinajstić information content (AvgIpc) is 3.62. The highest BCUT2D eigenvalue weighted by atomic mass is 16.5. The van der Waals surface area contributed by atoms with Gasteiger partial charge in [-0.05, 0) is 51.4 Å². The predicted molar refractivity (Wildman–Crippen MR) is 394 cm³/mol. The molecule has 1 amide bonds. The van der Waals surface area contributed by atoms with Crippen LogP contribution >= 0.6 is 0 Å². The van der Waals surface area contributed by atoms with E-state index in [2.05, 4.69) is 31.3 Å². The van der Waals surface area contributed by atoms with Gasteiger partial charge in [-0.1, -0.05) is 431 Å². The minimum absolute atomic E-state index is 0.0262. The second kappa shape index (κ2) is 79.0. The summed E-state index contributed by atoms with van der Waals surface area (Å²) >= 11 is 0. The molecule has 0 radical (unpaired) electrons. The van der Waals surface area contributed by atoms with E-state index < -0.39 is 12.1 Å². The van der Waals surface area contributed by atoms with Gasteiger partial charge in [-0.2, -0.15) is 0 Å². The summed E-state index contributed by atoms with van der Waals surface area (Å²) < 4.78 is 5.52. The molecule has 0 bridgehead atoms. The Hall–Kier alpha value is -1.40. The van der Waals surface area contributed by atoms with Crippen LogP contribution < -0.4 is 5.32 Å². The molecule has 0 aromatic rings. The van der Waals surface area contributed by atoms with E-state index in [1.165, 1.54) is 411 Å². The first-order chi connectivity index (χ1) is 44.0. The predicted octanol–water partition coefficient (Wildman–Crippen LogP) is 27.4. The lowest BCUT2D eigenvalue weighted by atomic mass is 10.0. The van der Waals surface area contributed by atoms with Crippen molar-refractivity contribution in [1.29, 1.82) is 0 Å². The summed E-state index contributed by atoms with van der Waals surface area (Å²) in [4.78, 5) is 24.7. The SMILES string of the molecule is CCCCCCCCCCCCCCCCCCCC(=O)OCCCCCCCCCCCCCCCCCCCC/C=C\CCCCCCCCCCCCCCCCCCCC(=O)NC(CO)C(O)CCCCCCCCCCCCCCCCCC. The molecule has 0 heterocycles. The Kier molecular flexibility index (Phi) is 77.8. The molecule has 0 spiro atoms. The minimum Gasteiger partial charge on any atom is -0.466 e. The molecule has 0 saturated heterocycles.